The third kappa shape index (κ3) is 2.40. The van der Waals surface area contributed by atoms with Crippen molar-refractivity contribution in [1.29, 1.82) is 0 Å². The van der Waals surface area contributed by atoms with Gasteiger partial charge >= 0.3 is 0 Å². The maximum atomic E-state index is 7.26. The number of rotatable bonds is 3. The molecule has 24 heavy (non-hydrogen) atoms. The highest BCUT2D eigenvalue weighted by Crippen LogP contribution is 2.34. The van der Waals surface area contributed by atoms with Gasteiger partial charge in [-0.25, -0.2) is 9.83 Å². The van der Waals surface area contributed by atoms with Crippen molar-refractivity contribution >= 4 is 16.6 Å². The first-order chi connectivity index (χ1) is 11.9. The van der Waals surface area contributed by atoms with Crippen LogP contribution in [0, 0.1) is 6.57 Å². The largest absolute Gasteiger partial charge is 0.348 e. The minimum Gasteiger partial charge on any atom is -0.348 e. The molecular formula is C19H13N5. The Morgan fingerprint density at radius 2 is 2.00 bits per heavy atom. The van der Waals surface area contributed by atoms with Crippen molar-refractivity contribution in [2.45, 2.75) is 5.92 Å². The fraction of sp³-hybridized carbons (Fsp3) is 0.0526. The molecule has 3 aromatic heterocycles. The molecule has 0 aliphatic heterocycles. The van der Waals surface area contributed by atoms with Crippen LogP contribution in [-0.2, 0) is 0 Å². The zero-order valence-corrected chi connectivity index (χ0v) is 12.7. The van der Waals surface area contributed by atoms with Crippen LogP contribution in [-0.4, -0.2) is 19.9 Å². The molecule has 0 amide bonds. The van der Waals surface area contributed by atoms with Gasteiger partial charge in [-0.2, -0.15) is 0 Å². The average molecular weight is 311 g/mol. The number of benzene rings is 1. The van der Waals surface area contributed by atoms with E-state index in [1.807, 2.05) is 42.6 Å². The number of pyridine rings is 2. The highest BCUT2D eigenvalue weighted by atomic mass is 14.9. The summed E-state index contributed by atoms with van der Waals surface area (Å²) in [5.41, 5.74) is 4.31. The summed E-state index contributed by atoms with van der Waals surface area (Å²) in [5.74, 6) is -0.0971. The van der Waals surface area contributed by atoms with Crippen LogP contribution in [0.1, 0.15) is 22.9 Å². The van der Waals surface area contributed by atoms with Crippen LogP contribution in [0.15, 0.2) is 67.4 Å². The maximum Gasteiger partial charge on any atom is 0.205 e. The van der Waals surface area contributed by atoms with E-state index in [0.717, 1.165) is 27.9 Å². The average Bonchev–Trinajstić information content (AvgIpc) is 3.17. The van der Waals surface area contributed by atoms with Gasteiger partial charge in [-0.05, 0) is 35.2 Å². The molecule has 0 spiro atoms. The third-order valence-corrected chi connectivity index (χ3v) is 4.00. The third-order valence-electron chi connectivity index (χ3n) is 4.00. The van der Waals surface area contributed by atoms with E-state index in [-0.39, 0.29) is 5.92 Å². The number of imidazole rings is 1. The van der Waals surface area contributed by atoms with Crippen LogP contribution in [0.4, 0.5) is 5.69 Å². The molecular weight excluding hydrogens is 298 g/mol. The smallest absolute Gasteiger partial charge is 0.205 e. The quantitative estimate of drug-likeness (QED) is 0.580. The van der Waals surface area contributed by atoms with Crippen molar-refractivity contribution in [3.8, 4) is 0 Å². The van der Waals surface area contributed by atoms with Gasteiger partial charge in [0, 0.05) is 24.3 Å². The number of aromatic amines is 1. The lowest BCUT2D eigenvalue weighted by Crippen LogP contribution is -2.06. The van der Waals surface area contributed by atoms with Crippen molar-refractivity contribution in [2.75, 3.05) is 0 Å². The lowest BCUT2D eigenvalue weighted by atomic mass is 9.89. The second-order valence-corrected chi connectivity index (χ2v) is 5.41. The SMILES string of the molecule is [C-]#[N+]c1cnc2cccc(C(c3ccccn3)c3cnc[nH]3)c2c1. The molecule has 1 atom stereocenters. The Morgan fingerprint density at radius 1 is 1.04 bits per heavy atom. The normalized spacial score (nSPS) is 12.0. The molecule has 4 rings (SSSR count). The summed E-state index contributed by atoms with van der Waals surface area (Å²) in [5, 5.41) is 0.955. The predicted molar refractivity (Wildman–Crippen MR) is 91.8 cm³/mol. The van der Waals surface area contributed by atoms with Gasteiger partial charge in [-0.3, -0.25) is 9.97 Å². The van der Waals surface area contributed by atoms with E-state index in [4.69, 9.17) is 6.57 Å². The molecule has 0 saturated carbocycles. The highest BCUT2D eigenvalue weighted by molar-refractivity contribution is 5.86. The molecule has 0 saturated heterocycles. The van der Waals surface area contributed by atoms with Crippen molar-refractivity contribution in [2.24, 2.45) is 0 Å². The molecule has 5 nitrogen and oxygen atoms in total. The highest BCUT2D eigenvalue weighted by Gasteiger charge is 2.21. The van der Waals surface area contributed by atoms with E-state index in [1.54, 1.807) is 18.7 Å². The maximum absolute atomic E-state index is 7.26. The molecule has 1 aromatic carbocycles. The zero-order chi connectivity index (χ0) is 16.4. The van der Waals surface area contributed by atoms with Crippen molar-refractivity contribution < 1.29 is 0 Å². The van der Waals surface area contributed by atoms with Crippen LogP contribution >= 0.6 is 0 Å². The molecule has 114 valence electrons. The van der Waals surface area contributed by atoms with E-state index in [9.17, 15) is 0 Å². The van der Waals surface area contributed by atoms with E-state index in [1.165, 1.54) is 0 Å². The zero-order valence-electron chi connectivity index (χ0n) is 12.7. The van der Waals surface area contributed by atoms with Crippen LogP contribution in [0.5, 0.6) is 0 Å². The van der Waals surface area contributed by atoms with E-state index >= 15 is 0 Å². The Labute approximate surface area is 138 Å². The minimum absolute atomic E-state index is 0.0971. The molecule has 5 heteroatoms. The Hall–Kier alpha value is -3.52. The predicted octanol–water partition coefficient (Wildman–Crippen LogP) is 4.08. The Balaban J connectivity index is 2.00. The lowest BCUT2D eigenvalue weighted by molar-refractivity contribution is 0.893. The second kappa shape index (κ2) is 5.94. The Kier molecular flexibility index (Phi) is 3.49. The summed E-state index contributed by atoms with van der Waals surface area (Å²) in [4.78, 5) is 19.8. The first kappa shape index (κ1) is 14.1. The van der Waals surface area contributed by atoms with Gasteiger partial charge in [-0.15, -0.1) is 0 Å². The van der Waals surface area contributed by atoms with Gasteiger partial charge in [-0.1, -0.05) is 18.2 Å². The number of hydrogen-bond donors (Lipinski definition) is 1. The van der Waals surface area contributed by atoms with Gasteiger partial charge in [0.1, 0.15) is 0 Å². The van der Waals surface area contributed by atoms with Gasteiger partial charge in [0.15, 0.2) is 0 Å². The summed E-state index contributed by atoms with van der Waals surface area (Å²) in [6.07, 6.45) is 6.86. The monoisotopic (exact) mass is 311 g/mol. The topological polar surface area (TPSA) is 58.8 Å². The summed E-state index contributed by atoms with van der Waals surface area (Å²) < 4.78 is 0. The molecule has 0 bridgehead atoms. The number of nitrogens with one attached hydrogen (secondary N) is 1. The molecule has 1 N–H and O–H groups in total. The summed E-state index contributed by atoms with van der Waals surface area (Å²) in [6, 6.07) is 13.7. The number of nitrogens with zero attached hydrogens (tertiary/aromatic N) is 4. The van der Waals surface area contributed by atoms with Crippen LogP contribution in [0.2, 0.25) is 0 Å². The van der Waals surface area contributed by atoms with Crippen LogP contribution in [0.25, 0.3) is 15.7 Å². The number of hydrogen-bond acceptors (Lipinski definition) is 3. The lowest BCUT2D eigenvalue weighted by Gasteiger charge is -2.17. The van der Waals surface area contributed by atoms with Crippen LogP contribution < -0.4 is 0 Å². The molecule has 3 heterocycles. The van der Waals surface area contributed by atoms with Gasteiger partial charge in [0.25, 0.3) is 0 Å². The number of fused-ring (bicyclic) bond motifs is 1. The molecule has 1 unspecified atom stereocenters. The fourth-order valence-electron chi connectivity index (χ4n) is 2.93. The van der Waals surface area contributed by atoms with Gasteiger partial charge in [0.2, 0.25) is 5.69 Å². The van der Waals surface area contributed by atoms with Gasteiger partial charge in [0.05, 0.1) is 30.0 Å². The first-order valence-corrected chi connectivity index (χ1v) is 7.52. The van der Waals surface area contributed by atoms with Crippen molar-refractivity contribution in [3.63, 3.8) is 0 Å². The van der Waals surface area contributed by atoms with E-state index in [2.05, 4.69) is 30.8 Å². The molecule has 0 fully saturated rings. The standard InChI is InChI=1S/C19H13N5/c1-20-13-9-15-14(5-4-7-16(15)23-10-13)19(18-11-21-12-24-18)17-6-2-3-8-22-17/h2-12,19H,(H,21,24). The number of H-pyrrole nitrogens is 1. The summed E-state index contributed by atoms with van der Waals surface area (Å²) in [6.45, 7) is 7.26. The van der Waals surface area contributed by atoms with Crippen LogP contribution in [0.3, 0.4) is 0 Å². The first-order valence-electron chi connectivity index (χ1n) is 7.52. The second-order valence-electron chi connectivity index (χ2n) is 5.41. The van der Waals surface area contributed by atoms with Crippen molar-refractivity contribution in [3.05, 3.63) is 95.8 Å². The summed E-state index contributed by atoms with van der Waals surface area (Å²) >= 11 is 0. The molecule has 0 radical (unpaired) electrons. The molecule has 0 aliphatic carbocycles. The van der Waals surface area contributed by atoms with E-state index in [0.29, 0.717) is 5.69 Å². The summed E-state index contributed by atoms with van der Waals surface area (Å²) in [7, 11) is 0. The van der Waals surface area contributed by atoms with Gasteiger partial charge < -0.3 is 4.98 Å². The fourth-order valence-corrected chi connectivity index (χ4v) is 2.93. The molecule has 4 aromatic rings. The number of aromatic nitrogens is 4. The minimum atomic E-state index is -0.0971. The molecule has 0 aliphatic rings. The Morgan fingerprint density at radius 3 is 2.75 bits per heavy atom. The van der Waals surface area contributed by atoms with Crippen molar-refractivity contribution in [1.82, 2.24) is 19.9 Å². The van der Waals surface area contributed by atoms with E-state index < -0.39 is 0 Å². The Bertz CT molecular complexity index is 1020.